The van der Waals surface area contributed by atoms with E-state index in [1.807, 2.05) is 39.8 Å². The first kappa shape index (κ1) is 19.8. The van der Waals surface area contributed by atoms with Crippen LogP contribution in [-0.2, 0) is 4.79 Å². The molecule has 2 N–H and O–H groups in total. The number of carboxylic acid groups (broad SMARTS) is 1. The highest BCUT2D eigenvalue weighted by atomic mass is 16.4. The Labute approximate surface area is 163 Å². The molecule has 1 aliphatic heterocycles. The summed E-state index contributed by atoms with van der Waals surface area (Å²) in [7, 11) is 0. The van der Waals surface area contributed by atoms with Gasteiger partial charge in [-0.1, -0.05) is 20.8 Å². The number of aliphatic carboxylic acids is 1. The molecule has 0 saturated carbocycles. The predicted octanol–water partition coefficient (Wildman–Crippen LogP) is 2.67. The van der Waals surface area contributed by atoms with Crippen molar-refractivity contribution < 1.29 is 14.7 Å². The van der Waals surface area contributed by atoms with E-state index >= 15 is 0 Å². The SMILES string of the molecule is Cc1cc(NC(=O)N2CC(C)CC(C(=O)O)C2)ccc1-n1nnnc1C(C)C. The Balaban J connectivity index is 1.75. The smallest absolute Gasteiger partial charge is 0.321 e. The van der Waals surface area contributed by atoms with Crippen molar-refractivity contribution in [2.24, 2.45) is 11.8 Å². The number of likely N-dealkylation sites (tertiary alicyclic amines) is 1. The van der Waals surface area contributed by atoms with Crippen molar-refractivity contribution in [1.29, 1.82) is 0 Å². The van der Waals surface area contributed by atoms with Gasteiger partial charge in [0.2, 0.25) is 0 Å². The van der Waals surface area contributed by atoms with Crippen LogP contribution in [0.3, 0.4) is 0 Å². The Kier molecular flexibility index (Phi) is 5.62. The number of nitrogens with one attached hydrogen (secondary N) is 1. The molecule has 9 heteroatoms. The fourth-order valence-electron chi connectivity index (χ4n) is 3.60. The maximum Gasteiger partial charge on any atom is 0.321 e. The number of carbonyl (C=O) groups excluding carboxylic acids is 1. The first-order valence-corrected chi connectivity index (χ1v) is 9.44. The molecule has 1 saturated heterocycles. The van der Waals surface area contributed by atoms with Crippen molar-refractivity contribution in [2.45, 2.75) is 40.0 Å². The number of amides is 2. The molecule has 2 amide bonds. The highest BCUT2D eigenvalue weighted by Crippen LogP contribution is 2.24. The summed E-state index contributed by atoms with van der Waals surface area (Å²) in [6.45, 7) is 8.72. The zero-order valence-electron chi connectivity index (χ0n) is 16.6. The van der Waals surface area contributed by atoms with Gasteiger partial charge in [-0.3, -0.25) is 4.79 Å². The molecule has 1 aromatic carbocycles. The lowest BCUT2D eigenvalue weighted by Crippen LogP contribution is -2.47. The quantitative estimate of drug-likeness (QED) is 0.835. The Bertz CT molecular complexity index is 878. The number of aromatic nitrogens is 4. The molecule has 0 radical (unpaired) electrons. The summed E-state index contributed by atoms with van der Waals surface area (Å²) in [5.74, 6) is -0.280. The zero-order valence-corrected chi connectivity index (χ0v) is 16.6. The molecular weight excluding hydrogens is 360 g/mol. The van der Waals surface area contributed by atoms with E-state index in [1.165, 1.54) is 0 Å². The Morgan fingerprint density at radius 2 is 2.04 bits per heavy atom. The number of rotatable bonds is 4. The first-order valence-electron chi connectivity index (χ1n) is 9.44. The molecule has 1 aromatic heterocycles. The maximum atomic E-state index is 12.6. The molecule has 2 heterocycles. The van der Waals surface area contributed by atoms with Crippen molar-refractivity contribution in [2.75, 3.05) is 18.4 Å². The van der Waals surface area contributed by atoms with Gasteiger partial charge in [-0.05, 0) is 53.5 Å². The molecule has 1 aliphatic rings. The number of aryl methyl sites for hydroxylation is 1. The number of hydrogen-bond donors (Lipinski definition) is 2. The minimum Gasteiger partial charge on any atom is -0.481 e. The summed E-state index contributed by atoms with van der Waals surface area (Å²) in [5, 5.41) is 24.1. The van der Waals surface area contributed by atoms with Crippen LogP contribution < -0.4 is 5.32 Å². The third-order valence-corrected chi connectivity index (χ3v) is 4.98. The summed E-state index contributed by atoms with van der Waals surface area (Å²) < 4.78 is 1.70. The van der Waals surface area contributed by atoms with Gasteiger partial charge in [0.15, 0.2) is 5.82 Å². The van der Waals surface area contributed by atoms with E-state index in [1.54, 1.807) is 15.6 Å². The summed E-state index contributed by atoms with van der Waals surface area (Å²) in [6, 6.07) is 5.25. The molecule has 0 aliphatic carbocycles. The molecule has 2 unspecified atom stereocenters. The largest absolute Gasteiger partial charge is 0.481 e. The molecule has 150 valence electrons. The second-order valence-electron chi connectivity index (χ2n) is 7.82. The third kappa shape index (κ3) is 4.13. The number of hydrogen-bond acceptors (Lipinski definition) is 5. The number of piperidine rings is 1. The van der Waals surface area contributed by atoms with E-state index in [-0.39, 0.29) is 24.4 Å². The van der Waals surface area contributed by atoms with Crippen LogP contribution in [0.15, 0.2) is 18.2 Å². The summed E-state index contributed by atoms with van der Waals surface area (Å²) in [6.07, 6.45) is 0.594. The molecule has 1 fully saturated rings. The fraction of sp³-hybridized carbons (Fsp3) is 0.526. The Morgan fingerprint density at radius 1 is 1.29 bits per heavy atom. The van der Waals surface area contributed by atoms with Gasteiger partial charge in [0.25, 0.3) is 0 Å². The lowest BCUT2D eigenvalue weighted by molar-refractivity contribution is -0.143. The van der Waals surface area contributed by atoms with Crippen molar-refractivity contribution in [3.8, 4) is 5.69 Å². The fourth-order valence-corrected chi connectivity index (χ4v) is 3.60. The molecule has 0 spiro atoms. The number of benzene rings is 1. The predicted molar refractivity (Wildman–Crippen MR) is 103 cm³/mol. The minimum atomic E-state index is -0.855. The highest BCUT2D eigenvalue weighted by Gasteiger charge is 2.32. The summed E-state index contributed by atoms with van der Waals surface area (Å²) >= 11 is 0. The van der Waals surface area contributed by atoms with Crippen LogP contribution in [0, 0.1) is 18.8 Å². The Morgan fingerprint density at radius 3 is 2.68 bits per heavy atom. The van der Waals surface area contributed by atoms with Crippen LogP contribution in [0.1, 0.15) is 44.5 Å². The number of urea groups is 1. The molecule has 9 nitrogen and oxygen atoms in total. The van der Waals surface area contributed by atoms with Gasteiger partial charge in [0.1, 0.15) is 0 Å². The normalized spacial score (nSPS) is 19.7. The highest BCUT2D eigenvalue weighted by molar-refractivity contribution is 5.90. The van der Waals surface area contributed by atoms with E-state index in [9.17, 15) is 14.7 Å². The topological polar surface area (TPSA) is 113 Å². The van der Waals surface area contributed by atoms with Gasteiger partial charge < -0.3 is 15.3 Å². The molecular formula is C19H26N6O3. The van der Waals surface area contributed by atoms with Crippen LogP contribution in [0.25, 0.3) is 5.69 Å². The van der Waals surface area contributed by atoms with Crippen LogP contribution in [-0.4, -0.2) is 55.3 Å². The van der Waals surface area contributed by atoms with Crippen molar-refractivity contribution >= 4 is 17.7 Å². The summed E-state index contributed by atoms with van der Waals surface area (Å²) in [4.78, 5) is 25.5. The second-order valence-corrected chi connectivity index (χ2v) is 7.82. The van der Waals surface area contributed by atoms with E-state index in [0.29, 0.717) is 18.7 Å². The van der Waals surface area contributed by atoms with Gasteiger partial charge in [0.05, 0.1) is 11.6 Å². The molecule has 2 aromatic rings. The van der Waals surface area contributed by atoms with E-state index in [2.05, 4.69) is 20.8 Å². The van der Waals surface area contributed by atoms with Gasteiger partial charge in [0, 0.05) is 24.7 Å². The number of anilines is 1. The van der Waals surface area contributed by atoms with Gasteiger partial charge in [-0.15, -0.1) is 5.10 Å². The molecule has 3 rings (SSSR count). The van der Waals surface area contributed by atoms with Gasteiger partial charge in [-0.2, -0.15) is 4.68 Å². The number of carboxylic acids is 1. The monoisotopic (exact) mass is 386 g/mol. The van der Waals surface area contributed by atoms with Crippen molar-refractivity contribution in [1.82, 2.24) is 25.1 Å². The lowest BCUT2D eigenvalue weighted by Gasteiger charge is -2.34. The zero-order chi connectivity index (χ0) is 20.4. The van der Waals surface area contributed by atoms with Gasteiger partial charge in [-0.25, -0.2) is 4.79 Å². The molecule has 0 bridgehead atoms. The average Bonchev–Trinajstić information content (AvgIpc) is 3.11. The summed E-state index contributed by atoms with van der Waals surface area (Å²) in [5.41, 5.74) is 2.42. The minimum absolute atomic E-state index is 0.152. The second kappa shape index (κ2) is 7.95. The number of tetrazole rings is 1. The van der Waals surface area contributed by atoms with Crippen LogP contribution in [0.4, 0.5) is 10.5 Å². The maximum absolute atomic E-state index is 12.6. The lowest BCUT2D eigenvalue weighted by atomic mass is 9.91. The standard InChI is InChI=1S/C19H26N6O3/c1-11(2)17-21-22-23-25(17)16-6-5-15(8-13(16)4)20-19(28)24-9-12(3)7-14(10-24)18(26)27/h5-6,8,11-12,14H,7,9-10H2,1-4H3,(H,20,28)(H,26,27). The van der Waals surface area contributed by atoms with E-state index < -0.39 is 11.9 Å². The molecule has 28 heavy (non-hydrogen) atoms. The number of nitrogens with zero attached hydrogens (tertiary/aromatic N) is 5. The van der Waals surface area contributed by atoms with Gasteiger partial charge >= 0.3 is 12.0 Å². The third-order valence-electron chi connectivity index (χ3n) is 4.98. The average molecular weight is 386 g/mol. The van der Waals surface area contributed by atoms with Crippen molar-refractivity contribution in [3.63, 3.8) is 0 Å². The first-order chi connectivity index (χ1) is 13.3. The number of carbonyl (C=O) groups is 2. The van der Waals surface area contributed by atoms with E-state index in [4.69, 9.17) is 0 Å². The van der Waals surface area contributed by atoms with Crippen LogP contribution in [0.5, 0.6) is 0 Å². The molecule has 2 atom stereocenters. The van der Waals surface area contributed by atoms with Crippen LogP contribution in [0.2, 0.25) is 0 Å². The Hall–Kier alpha value is -2.97. The van der Waals surface area contributed by atoms with Crippen LogP contribution >= 0.6 is 0 Å². The van der Waals surface area contributed by atoms with E-state index in [0.717, 1.165) is 17.1 Å². The van der Waals surface area contributed by atoms with Crippen molar-refractivity contribution in [3.05, 3.63) is 29.6 Å².